The van der Waals surface area contributed by atoms with Crippen LogP contribution < -0.4 is 10.1 Å². The van der Waals surface area contributed by atoms with Gasteiger partial charge >= 0.3 is 0 Å². The Balaban J connectivity index is 1.78. The average Bonchev–Trinajstić information content (AvgIpc) is 3.25. The zero-order valence-electron chi connectivity index (χ0n) is 17.2. The van der Waals surface area contributed by atoms with E-state index in [4.69, 9.17) is 9.84 Å². The predicted molar refractivity (Wildman–Crippen MR) is 126 cm³/mol. The highest BCUT2D eigenvalue weighted by atomic mass is 127. The van der Waals surface area contributed by atoms with Gasteiger partial charge in [-0.2, -0.15) is 5.10 Å². The maximum atomic E-state index is 5.91. The van der Waals surface area contributed by atoms with Crippen molar-refractivity contribution in [2.45, 2.75) is 25.8 Å². The smallest absolute Gasteiger partial charge is 0.144 e. The van der Waals surface area contributed by atoms with Crippen molar-refractivity contribution in [1.29, 1.82) is 0 Å². The van der Waals surface area contributed by atoms with E-state index in [9.17, 15) is 0 Å². The van der Waals surface area contributed by atoms with Crippen LogP contribution in [0.3, 0.4) is 0 Å². The maximum absolute atomic E-state index is 5.91. The molecule has 0 bridgehead atoms. The Hall–Kier alpha value is -1.90. The van der Waals surface area contributed by atoms with Gasteiger partial charge in [0.25, 0.3) is 0 Å². The summed E-state index contributed by atoms with van der Waals surface area (Å²) in [6.45, 7) is 3.52. The number of nitrogens with one attached hydrogen (secondary N) is 1. The van der Waals surface area contributed by atoms with E-state index in [0.717, 1.165) is 30.9 Å². The zero-order chi connectivity index (χ0) is 20.4. The van der Waals surface area contributed by atoms with Gasteiger partial charge < -0.3 is 10.1 Å². The second-order valence-electron chi connectivity index (χ2n) is 7.64. The van der Waals surface area contributed by atoms with Gasteiger partial charge in [-0.3, -0.25) is 4.90 Å². The van der Waals surface area contributed by atoms with Gasteiger partial charge in [0, 0.05) is 33.8 Å². The lowest BCUT2D eigenvalue weighted by Gasteiger charge is -2.18. The number of fused-ring (bicyclic) bond motifs is 1. The predicted octanol–water partition coefficient (Wildman–Crippen LogP) is 4.12. The molecular weight excluding hydrogens is 475 g/mol. The summed E-state index contributed by atoms with van der Waals surface area (Å²) in [5.41, 5.74) is 5.89. The molecule has 0 saturated carbocycles. The van der Waals surface area contributed by atoms with E-state index in [1.54, 1.807) is 0 Å². The first-order valence-corrected chi connectivity index (χ1v) is 11.1. The van der Waals surface area contributed by atoms with Crippen LogP contribution in [0, 0.1) is 3.57 Å². The van der Waals surface area contributed by atoms with Crippen LogP contribution in [0.4, 0.5) is 0 Å². The Labute approximate surface area is 186 Å². The first-order valence-electron chi connectivity index (χ1n) is 10.0. The van der Waals surface area contributed by atoms with E-state index < -0.39 is 0 Å². The molecule has 6 heteroatoms. The molecule has 2 aromatic carbocycles. The number of para-hydroxylation sites is 2. The molecule has 0 fully saturated rings. The molecule has 29 heavy (non-hydrogen) atoms. The van der Waals surface area contributed by atoms with Crippen LogP contribution in [-0.2, 0) is 12.8 Å². The molecule has 3 aromatic rings. The molecular formula is C23H27IN4O. The van der Waals surface area contributed by atoms with Crippen LogP contribution in [0.15, 0.2) is 48.5 Å². The second kappa shape index (κ2) is 8.85. The summed E-state index contributed by atoms with van der Waals surface area (Å²) in [4.78, 5) is 2.16. The van der Waals surface area contributed by atoms with E-state index in [1.165, 1.54) is 26.1 Å². The molecule has 0 saturated heterocycles. The molecule has 1 N–H and O–H groups in total. The molecule has 1 aromatic heterocycles. The third kappa shape index (κ3) is 4.34. The molecule has 1 atom stereocenters. The summed E-state index contributed by atoms with van der Waals surface area (Å²) in [5.74, 6) is 0.866. The van der Waals surface area contributed by atoms with Crippen LogP contribution in [0.25, 0.3) is 16.9 Å². The normalized spacial score (nSPS) is 15.7. The second-order valence-corrected chi connectivity index (χ2v) is 8.89. The van der Waals surface area contributed by atoms with Gasteiger partial charge in [-0.1, -0.05) is 24.3 Å². The molecule has 0 aliphatic heterocycles. The lowest BCUT2D eigenvalue weighted by atomic mass is 10.1. The standard InChI is InChI=1S/C23H27IN4O/c1-4-29-22-8-6-5-7-21(22)28-23(16-9-11-17(24)12-10-16)19-13-18(14-20(19)26-28)25-15-27(2)3/h5-12,18,25H,4,13-15H2,1-3H3. The SMILES string of the molecule is CCOc1ccccc1-n1nc2c(c1-c1ccc(I)cc1)CC(NCN(C)C)C2. The van der Waals surface area contributed by atoms with Gasteiger partial charge in [0.2, 0.25) is 0 Å². The largest absolute Gasteiger partial charge is 0.492 e. The van der Waals surface area contributed by atoms with E-state index >= 15 is 0 Å². The van der Waals surface area contributed by atoms with Crippen LogP contribution in [-0.4, -0.2) is 48.1 Å². The molecule has 0 spiro atoms. The number of halogens is 1. The topological polar surface area (TPSA) is 42.3 Å². The fourth-order valence-electron chi connectivity index (χ4n) is 3.87. The fraction of sp³-hybridized carbons (Fsp3) is 0.348. The first kappa shape index (κ1) is 20.4. The van der Waals surface area contributed by atoms with Crippen molar-refractivity contribution < 1.29 is 4.74 Å². The van der Waals surface area contributed by atoms with Gasteiger partial charge in [-0.05, 0) is 74.3 Å². The quantitative estimate of drug-likeness (QED) is 0.390. The highest BCUT2D eigenvalue weighted by Gasteiger charge is 2.30. The highest BCUT2D eigenvalue weighted by Crippen LogP contribution is 2.36. The minimum absolute atomic E-state index is 0.425. The molecule has 1 heterocycles. The van der Waals surface area contributed by atoms with Gasteiger partial charge in [-0.25, -0.2) is 4.68 Å². The number of benzene rings is 2. The average molecular weight is 502 g/mol. The van der Waals surface area contributed by atoms with Crippen molar-refractivity contribution in [3.63, 3.8) is 0 Å². The van der Waals surface area contributed by atoms with E-state index in [-0.39, 0.29) is 0 Å². The highest BCUT2D eigenvalue weighted by molar-refractivity contribution is 14.1. The van der Waals surface area contributed by atoms with Crippen LogP contribution in [0.2, 0.25) is 0 Å². The summed E-state index contributed by atoms with van der Waals surface area (Å²) in [5, 5.41) is 8.70. The summed E-state index contributed by atoms with van der Waals surface area (Å²) in [6, 6.07) is 17.3. The molecule has 1 aliphatic carbocycles. The van der Waals surface area contributed by atoms with E-state index in [0.29, 0.717) is 12.6 Å². The Bertz CT molecular complexity index is 981. The van der Waals surface area contributed by atoms with Crippen molar-refractivity contribution in [1.82, 2.24) is 20.0 Å². The Kier molecular flexibility index (Phi) is 6.22. The minimum Gasteiger partial charge on any atom is -0.492 e. The zero-order valence-corrected chi connectivity index (χ0v) is 19.3. The van der Waals surface area contributed by atoms with Crippen molar-refractivity contribution >= 4 is 22.6 Å². The Morgan fingerprint density at radius 3 is 2.62 bits per heavy atom. The van der Waals surface area contributed by atoms with Gasteiger partial charge in [0.15, 0.2) is 0 Å². The molecule has 0 amide bonds. The van der Waals surface area contributed by atoms with Crippen molar-refractivity contribution in [2.24, 2.45) is 0 Å². The Morgan fingerprint density at radius 1 is 1.14 bits per heavy atom. The number of aromatic nitrogens is 2. The van der Waals surface area contributed by atoms with Crippen LogP contribution >= 0.6 is 22.6 Å². The molecule has 5 nitrogen and oxygen atoms in total. The summed E-state index contributed by atoms with van der Waals surface area (Å²) >= 11 is 2.35. The Morgan fingerprint density at radius 2 is 1.90 bits per heavy atom. The third-order valence-electron chi connectivity index (χ3n) is 5.16. The molecule has 152 valence electrons. The van der Waals surface area contributed by atoms with Gasteiger partial charge in [-0.15, -0.1) is 0 Å². The van der Waals surface area contributed by atoms with Gasteiger partial charge in [0.05, 0.1) is 18.0 Å². The third-order valence-corrected chi connectivity index (χ3v) is 5.88. The van der Waals surface area contributed by atoms with Crippen molar-refractivity contribution in [2.75, 3.05) is 27.4 Å². The number of rotatable bonds is 7. The van der Waals surface area contributed by atoms with E-state index in [2.05, 4.69) is 81.9 Å². The lowest BCUT2D eigenvalue weighted by molar-refractivity contribution is 0.337. The fourth-order valence-corrected chi connectivity index (χ4v) is 4.23. The molecule has 1 unspecified atom stereocenters. The van der Waals surface area contributed by atoms with Crippen LogP contribution in [0.1, 0.15) is 18.2 Å². The molecule has 0 radical (unpaired) electrons. The minimum atomic E-state index is 0.425. The summed E-state index contributed by atoms with van der Waals surface area (Å²) in [6.07, 6.45) is 1.94. The monoisotopic (exact) mass is 502 g/mol. The summed E-state index contributed by atoms with van der Waals surface area (Å²) < 4.78 is 9.22. The first-order chi connectivity index (χ1) is 14.1. The maximum Gasteiger partial charge on any atom is 0.144 e. The summed E-state index contributed by atoms with van der Waals surface area (Å²) in [7, 11) is 4.17. The molecule has 4 rings (SSSR count). The van der Waals surface area contributed by atoms with Crippen molar-refractivity contribution in [3.05, 3.63) is 63.4 Å². The molecule has 1 aliphatic rings. The van der Waals surface area contributed by atoms with Crippen molar-refractivity contribution in [3.8, 4) is 22.7 Å². The number of hydrogen-bond donors (Lipinski definition) is 1. The number of hydrogen-bond acceptors (Lipinski definition) is 4. The van der Waals surface area contributed by atoms with E-state index in [1.807, 2.05) is 25.1 Å². The van der Waals surface area contributed by atoms with Crippen LogP contribution in [0.5, 0.6) is 5.75 Å². The van der Waals surface area contributed by atoms with Gasteiger partial charge in [0.1, 0.15) is 11.4 Å². The number of ether oxygens (including phenoxy) is 1. The lowest BCUT2D eigenvalue weighted by Crippen LogP contribution is -2.37. The number of nitrogens with zero attached hydrogens (tertiary/aromatic N) is 3.